The summed E-state index contributed by atoms with van der Waals surface area (Å²) in [4.78, 5) is 4.08. The fourth-order valence-electron chi connectivity index (χ4n) is 1.10. The number of rotatable bonds is 3. The van der Waals surface area contributed by atoms with E-state index in [0.29, 0.717) is 0 Å². The van der Waals surface area contributed by atoms with Crippen LogP contribution in [-0.4, -0.2) is 22.1 Å². The number of likely N-dealkylation sites (N-methyl/N-ethyl adjacent to an activating group) is 1. The summed E-state index contributed by atoms with van der Waals surface area (Å²) in [7, 11) is 4.00. The van der Waals surface area contributed by atoms with Gasteiger partial charge in [0.1, 0.15) is 0 Å². The average molecular weight is 167 g/mol. The highest BCUT2D eigenvalue weighted by Gasteiger charge is 2.16. The Morgan fingerprint density at radius 1 is 1.58 bits per heavy atom. The van der Waals surface area contributed by atoms with E-state index >= 15 is 0 Å². The van der Waals surface area contributed by atoms with Crippen molar-refractivity contribution in [1.29, 1.82) is 0 Å². The van der Waals surface area contributed by atoms with Crippen molar-refractivity contribution in [3.8, 4) is 0 Å². The maximum Gasteiger partial charge on any atom is 0.0945 e. The van der Waals surface area contributed by atoms with Crippen LogP contribution in [0.25, 0.3) is 0 Å². The van der Waals surface area contributed by atoms with Crippen LogP contribution < -0.4 is 5.32 Å². The van der Waals surface area contributed by atoms with Crippen molar-refractivity contribution in [2.24, 2.45) is 7.05 Å². The summed E-state index contributed by atoms with van der Waals surface area (Å²) in [6.45, 7) is 4.36. The minimum absolute atomic E-state index is 0.147. The zero-order valence-corrected chi connectivity index (χ0v) is 8.26. The highest BCUT2D eigenvalue weighted by Crippen LogP contribution is 2.10. The Morgan fingerprint density at radius 2 is 2.25 bits per heavy atom. The number of hydrogen-bond acceptors (Lipinski definition) is 2. The highest BCUT2D eigenvalue weighted by molar-refractivity contribution is 5.03. The summed E-state index contributed by atoms with van der Waals surface area (Å²) in [5, 5.41) is 3.27. The molecule has 0 unspecified atom stereocenters. The monoisotopic (exact) mass is 167 g/mol. The van der Waals surface area contributed by atoms with Gasteiger partial charge in [-0.1, -0.05) is 0 Å². The zero-order chi connectivity index (χ0) is 9.19. The van der Waals surface area contributed by atoms with Gasteiger partial charge in [-0.05, 0) is 20.9 Å². The fourth-order valence-corrected chi connectivity index (χ4v) is 1.10. The minimum atomic E-state index is 0.147. The molecule has 1 aromatic rings. The van der Waals surface area contributed by atoms with Gasteiger partial charge < -0.3 is 9.88 Å². The molecule has 0 aliphatic carbocycles. The van der Waals surface area contributed by atoms with Crippen molar-refractivity contribution in [2.45, 2.75) is 25.8 Å². The Bertz CT molecular complexity index is 250. The number of aryl methyl sites for hydroxylation is 1. The van der Waals surface area contributed by atoms with Crippen LogP contribution in [0, 0.1) is 0 Å². The van der Waals surface area contributed by atoms with E-state index in [9.17, 15) is 0 Å². The molecule has 1 heterocycles. The number of imidazole rings is 1. The van der Waals surface area contributed by atoms with Crippen LogP contribution in [0.2, 0.25) is 0 Å². The van der Waals surface area contributed by atoms with E-state index in [1.165, 1.54) is 5.69 Å². The summed E-state index contributed by atoms with van der Waals surface area (Å²) < 4.78 is 2.05. The maximum atomic E-state index is 4.08. The predicted molar refractivity (Wildman–Crippen MR) is 50.1 cm³/mol. The molecule has 0 fully saturated rings. The van der Waals surface area contributed by atoms with Crippen LogP contribution in [-0.2, 0) is 13.5 Å². The summed E-state index contributed by atoms with van der Waals surface area (Å²) in [5.41, 5.74) is 1.41. The van der Waals surface area contributed by atoms with Crippen molar-refractivity contribution in [1.82, 2.24) is 14.9 Å². The molecule has 0 atom stereocenters. The second-order valence-electron chi connectivity index (χ2n) is 3.81. The SMILES string of the molecule is CNC(C)(C)Cc1cncn1C. The molecule has 0 saturated heterocycles. The molecular weight excluding hydrogens is 150 g/mol. The molecule has 68 valence electrons. The molecule has 0 aromatic carbocycles. The molecule has 0 saturated carbocycles. The van der Waals surface area contributed by atoms with Gasteiger partial charge in [-0.3, -0.25) is 0 Å². The molecule has 1 N–H and O–H groups in total. The van der Waals surface area contributed by atoms with E-state index in [1.54, 1.807) is 0 Å². The van der Waals surface area contributed by atoms with E-state index in [4.69, 9.17) is 0 Å². The molecule has 12 heavy (non-hydrogen) atoms. The quantitative estimate of drug-likeness (QED) is 0.726. The first kappa shape index (κ1) is 9.26. The smallest absolute Gasteiger partial charge is 0.0945 e. The van der Waals surface area contributed by atoms with E-state index in [2.05, 4.69) is 28.7 Å². The van der Waals surface area contributed by atoms with E-state index in [1.807, 2.05) is 26.6 Å². The third-order valence-corrected chi connectivity index (χ3v) is 2.22. The molecule has 0 amide bonds. The van der Waals surface area contributed by atoms with Crippen LogP contribution in [0.1, 0.15) is 19.5 Å². The van der Waals surface area contributed by atoms with Gasteiger partial charge in [0.25, 0.3) is 0 Å². The second-order valence-corrected chi connectivity index (χ2v) is 3.81. The van der Waals surface area contributed by atoms with Crippen LogP contribution >= 0.6 is 0 Å². The third kappa shape index (κ3) is 2.08. The van der Waals surface area contributed by atoms with Gasteiger partial charge in [0.2, 0.25) is 0 Å². The van der Waals surface area contributed by atoms with Gasteiger partial charge in [0.05, 0.1) is 6.33 Å². The predicted octanol–water partition coefficient (Wildman–Crippen LogP) is 0.961. The van der Waals surface area contributed by atoms with Crippen molar-refractivity contribution < 1.29 is 0 Å². The van der Waals surface area contributed by atoms with Crippen LogP contribution in [0.5, 0.6) is 0 Å². The normalized spacial score (nSPS) is 12.0. The Morgan fingerprint density at radius 3 is 2.67 bits per heavy atom. The molecule has 0 aliphatic rings. The van der Waals surface area contributed by atoms with Gasteiger partial charge in [-0.15, -0.1) is 0 Å². The minimum Gasteiger partial charge on any atom is -0.338 e. The van der Waals surface area contributed by atoms with Gasteiger partial charge in [-0.2, -0.15) is 0 Å². The fraction of sp³-hybridized carbons (Fsp3) is 0.667. The van der Waals surface area contributed by atoms with Crippen molar-refractivity contribution >= 4 is 0 Å². The van der Waals surface area contributed by atoms with Crippen LogP contribution in [0.4, 0.5) is 0 Å². The van der Waals surface area contributed by atoms with Crippen molar-refractivity contribution in [3.63, 3.8) is 0 Å². The first-order valence-corrected chi connectivity index (χ1v) is 4.19. The number of nitrogens with zero attached hydrogens (tertiary/aromatic N) is 2. The van der Waals surface area contributed by atoms with Crippen molar-refractivity contribution in [3.05, 3.63) is 18.2 Å². The summed E-state index contributed by atoms with van der Waals surface area (Å²) in [6, 6.07) is 0. The molecular formula is C9H17N3. The standard InChI is InChI=1S/C9H17N3/c1-9(2,10-3)5-8-6-11-7-12(8)4/h6-7,10H,5H2,1-4H3. The van der Waals surface area contributed by atoms with Crippen LogP contribution in [0.15, 0.2) is 12.5 Å². The van der Waals surface area contributed by atoms with Gasteiger partial charge in [-0.25, -0.2) is 4.98 Å². The Hall–Kier alpha value is -0.830. The zero-order valence-electron chi connectivity index (χ0n) is 8.26. The summed E-state index contributed by atoms with van der Waals surface area (Å²) >= 11 is 0. The molecule has 0 radical (unpaired) electrons. The molecule has 3 heteroatoms. The van der Waals surface area contributed by atoms with Gasteiger partial charge in [0, 0.05) is 30.9 Å². The van der Waals surface area contributed by atoms with E-state index < -0.39 is 0 Å². The first-order valence-electron chi connectivity index (χ1n) is 4.19. The number of aromatic nitrogens is 2. The second kappa shape index (κ2) is 3.27. The summed E-state index contributed by atoms with van der Waals surface area (Å²) in [5.74, 6) is 0. The Labute approximate surface area is 73.8 Å². The Balaban J connectivity index is 2.70. The molecule has 0 aliphatic heterocycles. The molecule has 1 rings (SSSR count). The topological polar surface area (TPSA) is 29.9 Å². The van der Waals surface area contributed by atoms with Gasteiger partial charge in [0.15, 0.2) is 0 Å². The highest BCUT2D eigenvalue weighted by atomic mass is 15.0. The molecule has 1 aromatic heterocycles. The largest absolute Gasteiger partial charge is 0.338 e. The number of nitrogens with one attached hydrogen (secondary N) is 1. The maximum absolute atomic E-state index is 4.08. The van der Waals surface area contributed by atoms with E-state index in [0.717, 1.165) is 6.42 Å². The third-order valence-electron chi connectivity index (χ3n) is 2.22. The van der Waals surface area contributed by atoms with Crippen LogP contribution in [0.3, 0.4) is 0 Å². The Kier molecular flexibility index (Phi) is 2.52. The molecule has 0 bridgehead atoms. The lowest BCUT2D eigenvalue weighted by Gasteiger charge is -2.23. The molecule has 0 spiro atoms. The number of hydrogen-bond donors (Lipinski definition) is 1. The lowest BCUT2D eigenvalue weighted by Crippen LogP contribution is -2.38. The van der Waals surface area contributed by atoms with Crippen molar-refractivity contribution in [2.75, 3.05) is 7.05 Å². The lowest BCUT2D eigenvalue weighted by atomic mass is 9.99. The van der Waals surface area contributed by atoms with Gasteiger partial charge >= 0.3 is 0 Å². The van der Waals surface area contributed by atoms with E-state index in [-0.39, 0.29) is 5.54 Å². The lowest BCUT2D eigenvalue weighted by molar-refractivity contribution is 0.413. The first-order chi connectivity index (χ1) is 5.55. The molecule has 3 nitrogen and oxygen atoms in total. The summed E-state index contributed by atoms with van der Waals surface area (Å²) in [6.07, 6.45) is 4.75. The average Bonchev–Trinajstić information content (AvgIpc) is 2.36.